The minimum absolute atomic E-state index is 0.516. The topological polar surface area (TPSA) is 0 Å². The van der Waals surface area contributed by atoms with E-state index in [0.717, 1.165) is 10.2 Å². The van der Waals surface area contributed by atoms with Crippen LogP contribution in [-0.4, -0.2) is 4.29 Å². The van der Waals surface area contributed by atoms with Gasteiger partial charge >= 0.3 is 0 Å². The Balaban J connectivity index is 3.79. The zero-order valence-electron chi connectivity index (χ0n) is 8.02. The molecule has 0 fully saturated rings. The molecule has 66 valence electrons. The fraction of sp³-hybridized carbons (Fsp3) is 1.00. The second kappa shape index (κ2) is 5.06. The molecule has 0 heterocycles. The normalized spacial score (nSPS) is 12.3. The fourth-order valence-electron chi connectivity index (χ4n) is 1.72. The van der Waals surface area contributed by atoms with E-state index in [9.17, 15) is 0 Å². The van der Waals surface area contributed by atoms with Gasteiger partial charge in [-0.05, 0) is 17.8 Å². The largest absolute Gasteiger partial charge is 0.240 e. The zero-order valence-corrected chi connectivity index (χ0v) is 11.3. The summed E-state index contributed by atoms with van der Waals surface area (Å²) in [6.07, 6.45) is 2.64. The van der Waals surface area contributed by atoms with Gasteiger partial charge in [0.25, 0.3) is 0 Å². The van der Waals surface area contributed by atoms with Crippen LogP contribution in [0.5, 0.6) is 0 Å². The van der Waals surface area contributed by atoms with Gasteiger partial charge in [-0.15, -0.1) is 22.4 Å². The summed E-state index contributed by atoms with van der Waals surface area (Å²) in [7, 11) is 2.87. The standard InChI is InChI=1S/C8H19BIP/c1-7(2)5-8(3,4)6-9(10)11/h7H,5-6,11H2,1-4H3. The lowest BCUT2D eigenvalue weighted by Crippen LogP contribution is -2.17. The third-order valence-electron chi connectivity index (χ3n) is 1.71. The molecule has 0 nitrogen and oxygen atoms in total. The molecule has 0 saturated heterocycles. The third kappa shape index (κ3) is 7.58. The first-order valence-electron chi connectivity index (χ1n) is 4.23. The Morgan fingerprint density at radius 1 is 1.45 bits per heavy atom. The van der Waals surface area contributed by atoms with Gasteiger partial charge in [0, 0.05) is 0 Å². The summed E-state index contributed by atoms with van der Waals surface area (Å²) in [5, 5.41) is 0. The van der Waals surface area contributed by atoms with Gasteiger partial charge in [-0.1, -0.05) is 34.0 Å². The van der Waals surface area contributed by atoms with Crippen molar-refractivity contribution in [2.45, 2.75) is 40.4 Å². The number of hydrogen-bond acceptors (Lipinski definition) is 0. The van der Waals surface area contributed by atoms with Gasteiger partial charge in [0.1, 0.15) is 0 Å². The summed E-state index contributed by atoms with van der Waals surface area (Å²) in [6.45, 7) is 9.32. The number of hydrogen-bond donors (Lipinski definition) is 0. The first-order valence-corrected chi connectivity index (χ1v) is 6.14. The molecule has 3 heteroatoms. The van der Waals surface area contributed by atoms with Crippen molar-refractivity contribution in [1.29, 1.82) is 0 Å². The first-order chi connectivity index (χ1) is 4.83. The Morgan fingerprint density at radius 2 is 1.91 bits per heavy atom. The van der Waals surface area contributed by atoms with Crippen LogP contribution in [0.4, 0.5) is 0 Å². The lowest BCUT2D eigenvalue weighted by atomic mass is 9.73. The summed E-state index contributed by atoms with van der Waals surface area (Å²) in [4.78, 5) is 0. The summed E-state index contributed by atoms with van der Waals surface area (Å²) >= 11 is 2.48. The molecule has 0 spiro atoms. The molecule has 0 radical (unpaired) electrons. The highest BCUT2D eigenvalue weighted by Crippen LogP contribution is 2.33. The molecule has 0 aromatic carbocycles. The highest BCUT2D eigenvalue weighted by atomic mass is 127. The molecule has 0 aliphatic carbocycles. The Kier molecular flexibility index (Phi) is 5.63. The molecule has 1 unspecified atom stereocenters. The minimum Gasteiger partial charge on any atom is -0.159 e. The molecule has 11 heavy (non-hydrogen) atoms. The third-order valence-corrected chi connectivity index (χ3v) is 2.38. The SMILES string of the molecule is CC(C)CC(C)(C)CB(P)I. The predicted molar refractivity (Wildman–Crippen MR) is 67.5 cm³/mol. The van der Waals surface area contributed by atoms with Gasteiger partial charge in [-0.3, -0.25) is 0 Å². The average Bonchev–Trinajstić information content (AvgIpc) is 1.53. The smallest absolute Gasteiger partial charge is 0.159 e. The van der Waals surface area contributed by atoms with E-state index < -0.39 is 0 Å². The molecule has 0 aromatic rings. The summed E-state index contributed by atoms with van der Waals surface area (Å²) in [6, 6.07) is 0. The van der Waals surface area contributed by atoms with Crippen molar-refractivity contribution < 1.29 is 0 Å². The Labute approximate surface area is 87.4 Å². The molecular weight excluding hydrogens is 265 g/mol. The average molecular weight is 284 g/mol. The van der Waals surface area contributed by atoms with Crippen LogP contribution in [0.3, 0.4) is 0 Å². The van der Waals surface area contributed by atoms with E-state index >= 15 is 0 Å². The molecule has 0 amide bonds. The van der Waals surface area contributed by atoms with Gasteiger partial charge in [0.05, 0.1) is 0 Å². The maximum Gasteiger partial charge on any atom is 0.240 e. The van der Waals surface area contributed by atoms with E-state index in [1.165, 1.54) is 12.7 Å². The van der Waals surface area contributed by atoms with Crippen LogP contribution in [0.2, 0.25) is 6.32 Å². The predicted octanol–water partition coefficient (Wildman–Crippen LogP) is 3.86. The van der Waals surface area contributed by atoms with Crippen molar-refractivity contribution in [3.05, 3.63) is 0 Å². The van der Waals surface area contributed by atoms with E-state index in [1.807, 2.05) is 0 Å². The molecule has 0 aromatic heterocycles. The van der Waals surface area contributed by atoms with Gasteiger partial charge in [0.2, 0.25) is 4.29 Å². The zero-order chi connectivity index (χ0) is 9.07. The summed E-state index contributed by atoms with van der Waals surface area (Å²) in [5.74, 6) is 0.824. The molecule has 0 rings (SSSR count). The lowest BCUT2D eigenvalue weighted by Gasteiger charge is -2.27. The van der Waals surface area contributed by atoms with Crippen molar-refractivity contribution >= 4 is 35.8 Å². The van der Waals surface area contributed by atoms with Crippen LogP contribution in [0.1, 0.15) is 34.1 Å². The van der Waals surface area contributed by atoms with Gasteiger partial charge in [-0.25, -0.2) is 0 Å². The summed E-state index contributed by atoms with van der Waals surface area (Å²) < 4.78 is 0.723. The van der Waals surface area contributed by atoms with Gasteiger partial charge < -0.3 is 0 Å². The van der Waals surface area contributed by atoms with Crippen molar-refractivity contribution in [3.8, 4) is 0 Å². The maximum absolute atomic E-state index is 2.87. The quantitative estimate of drug-likeness (QED) is 0.418. The monoisotopic (exact) mass is 284 g/mol. The van der Waals surface area contributed by atoms with Crippen LogP contribution < -0.4 is 0 Å². The Hall–Kier alpha value is 1.22. The highest BCUT2D eigenvalue weighted by Gasteiger charge is 2.22. The number of rotatable bonds is 4. The van der Waals surface area contributed by atoms with E-state index in [2.05, 4.69) is 59.2 Å². The van der Waals surface area contributed by atoms with Crippen molar-refractivity contribution in [3.63, 3.8) is 0 Å². The minimum atomic E-state index is 0.516. The van der Waals surface area contributed by atoms with E-state index in [-0.39, 0.29) is 0 Å². The van der Waals surface area contributed by atoms with Crippen molar-refractivity contribution in [2.75, 3.05) is 0 Å². The molecule has 1 atom stereocenters. The number of halogens is 1. The fourth-order valence-corrected chi connectivity index (χ4v) is 3.55. The van der Waals surface area contributed by atoms with E-state index in [0.29, 0.717) is 5.41 Å². The molecule has 0 aliphatic heterocycles. The molecule has 0 bridgehead atoms. The van der Waals surface area contributed by atoms with E-state index in [4.69, 9.17) is 0 Å². The van der Waals surface area contributed by atoms with Gasteiger partial charge in [-0.2, -0.15) is 9.12 Å². The summed E-state index contributed by atoms with van der Waals surface area (Å²) in [5.41, 5.74) is 0.516. The lowest BCUT2D eigenvalue weighted by molar-refractivity contribution is 0.320. The molecular formula is C8H19BIP. The first kappa shape index (κ1) is 12.2. The Morgan fingerprint density at radius 3 is 2.18 bits per heavy atom. The van der Waals surface area contributed by atoms with Crippen LogP contribution in [0.15, 0.2) is 0 Å². The van der Waals surface area contributed by atoms with Crippen molar-refractivity contribution in [1.82, 2.24) is 0 Å². The van der Waals surface area contributed by atoms with Crippen LogP contribution >= 0.6 is 31.5 Å². The molecule has 0 aliphatic rings. The van der Waals surface area contributed by atoms with Crippen LogP contribution in [0.25, 0.3) is 0 Å². The maximum atomic E-state index is 2.87. The van der Waals surface area contributed by atoms with Crippen LogP contribution in [-0.2, 0) is 0 Å². The molecule has 0 N–H and O–H groups in total. The van der Waals surface area contributed by atoms with Crippen molar-refractivity contribution in [2.24, 2.45) is 11.3 Å². The Bertz CT molecular complexity index is 101. The van der Waals surface area contributed by atoms with E-state index in [1.54, 1.807) is 0 Å². The van der Waals surface area contributed by atoms with Crippen LogP contribution in [0, 0.1) is 11.3 Å². The highest BCUT2D eigenvalue weighted by molar-refractivity contribution is 14.1. The molecule has 0 saturated carbocycles. The second-order valence-corrected chi connectivity index (χ2v) is 8.24. The van der Waals surface area contributed by atoms with Gasteiger partial charge in [0.15, 0.2) is 0 Å². The second-order valence-electron chi connectivity index (χ2n) is 4.48.